The summed E-state index contributed by atoms with van der Waals surface area (Å²) in [7, 11) is 0. The van der Waals surface area contributed by atoms with Gasteiger partial charge in [0.05, 0.1) is 0 Å². The number of pyridine rings is 1. The topological polar surface area (TPSA) is 43.4 Å². The Balaban J connectivity index is 1.58. The number of rotatable bonds is 6. The first-order valence-corrected chi connectivity index (χ1v) is 8.37. The largest absolute Gasteiger partial charge is 0.487 e. The van der Waals surface area contributed by atoms with E-state index in [2.05, 4.69) is 30.2 Å². The summed E-state index contributed by atoms with van der Waals surface area (Å²) in [6.07, 6.45) is -2.12. The summed E-state index contributed by atoms with van der Waals surface area (Å²) < 4.78 is 47.6. The van der Waals surface area contributed by atoms with Gasteiger partial charge in [-0.1, -0.05) is 18.2 Å². The molecule has 0 spiro atoms. The van der Waals surface area contributed by atoms with E-state index in [0.29, 0.717) is 18.7 Å². The minimum absolute atomic E-state index is 0.00132. The van der Waals surface area contributed by atoms with E-state index < -0.39 is 12.8 Å². The first-order chi connectivity index (χ1) is 12.2. The van der Waals surface area contributed by atoms with E-state index in [1.165, 1.54) is 11.8 Å². The molecule has 26 heavy (non-hydrogen) atoms. The van der Waals surface area contributed by atoms with Gasteiger partial charge >= 0.3 is 6.18 Å². The summed E-state index contributed by atoms with van der Waals surface area (Å²) in [5, 5.41) is 3.23. The summed E-state index contributed by atoms with van der Waals surface area (Å²) in [6, 6.07) is 9.42. The van der Waals surface area contributed by atoms with Crippen molar-refractivity contribution in [2.75, 3.05) is 6.61 Å². The Morgan fingerprint density at radius 1 is 1.23 bits per heavy atom. The van der Waals surface area contributed by atoms with Crippen LogP contribution in [0.15, 0.2) is 36.5 Å². The van der Waals surface area contributed by atoms with E-state index in [9.17, 15) is 13.2 Å². The predicted octanol–water partition coefficient (Wildman–Crippen LogP) is 4.03. The molecule has 1 N–H and O–H groups in total. The zero-order chi connectivity index (χ0) is 18.8. The molecule has 140 valence electrons. The van der Waals surface area contributed by atoms with Crippen molar-refractivity contribution in [2.24, 2.45) is 0 Å². The lowest BCUT2D eigenvalue weighted by atomic mass is 10.0. The summed E-state index contributed by atoms with van der Waals surface area (Å²) in [5.41, 5.74) is 2.66. The maximum absolute atomic E-state index is 12.3. The summed E-state index contributed by atoms with van der Waals surface area (Å²) in [6.45, 7) is 3.70. The average Bonchev–Trinajstić information content (AvgIpc) is 2.86. The second-order valence-corrected chi connectivity index (χ2v) is 6.96. The van der Waals surface area contributed by atoms with Crippen LogP contribution in [0.2, 0.25) is 0 Å². The van der Waals surface area contributed by atoms with Crippen LogP contribution in [0.25, 0.3) is 0 Å². The van der Waals surface area contributed by atoms with Gasteiger partial charge in [-0.15, -0.1) is 0 Å². The Bertz CT molecular complexity index is 776. The molecule has 0 amide bonds. The van der Waals surface area contributed by atoms with Crippen LogP contribution in [0.1, 0.15) is 30.5 Å². The van der Waals surface area contributed by atoms with Crippen molar-refractivity contribution in [3.8, 4) is 11.6 Å². The number of hydrogen-bond donors (Lipinski definition) is 1. The zero-order valence-corrected chi connectivity index (χ0v) is 14.7. The molecule has 0 radical (unpaired) electrons. The molecule has 0 unspecified atom stereocenters. The van der Waals surface area contributed by atoms with Gasteiger partial charge in [0.2, 0.25) is 5.88 Å². The summed E-state index contributed by atoms with van der Waals surface area (Å²) in [4.78, 5) is 3.89. The monoisotopic (exact) mass is 366 g/mol. The molecule has 2 heterocycles. The lowest BCUT2D eigenvalue weighted by Crippen LogP contribution is -2.24. The van der Waals surface area contributed by atoms with Crippen LogP contribution in [0.4, 0.5) is 13.2 Å². The number of benzene rings is 1. The predicted molar refractivity (Wildman–Crippen MR) is 91.2 cm³/mol. The second kappa shape index (κ2) is 7.15. The highest BCUT2D eigenvalue weighted by atomic mass is 19.4. The highest BCUT2D eigenvalue weighted by Gasteiger charge is 2.30. The smallest absolute Gasteiger partial charge is 0.422 e. The second-order valence-electron chi connectivity index (χ2n) is 6.96. The van der Waals surface area contributed by atoms with Crippen molar-refractivity contribution in [1.82, 2.24) is 10.3 Å². The number of alkyl halides is 3. The molecule has 0 fully saturated rings. The van der Waals surface area contributed by atoms with E-state index in [4.69, 9.17) is 9.47 Å². The molecular weight excluding hydrogens is 345 g/mol. The molecule has 0 atom stereocenters. The molecule has 2 aromatic rings. The fraction of sp³-hybridized carbons (Fsp3) is 0.421. The van der Waals surface area contributed by atoms with Crippen LogP contribution in [0.3, 0.4) is 0 Å². The lowest BCUT2D eigenvalue weighted by Gasteiger charge is -2.16. The molecular formula is C19H21F3N2O2. The molecule has 1 aliphatic heterocycles. The highest BCUT2D eigenvalue weighted by Crippen LogP contribution is 2.35. The van der Waals surface area contributed by atoms with Crippen molar-refractivity contribution in [3.05, 3.63) is 53.2 Å². The third-order valence-corrected chi connectivity index (χ3v) is 3.99. The quantitative estimate of drug-likeness (QED) is 0.838. The average molecular weight is 366 g/mol. The van der Waals surface area contributed by atoms with Crippen molar-refractivity contribution in [3.63, 3.8) is 0 Å². The van der Waals surface area contributed by atoms with Crippen LogP contribution in [0, 0.1) is 0 Å². The molecule has 0 saturated carbocycles. The Hall–Kier alpha value is -2.28. The Labute approximate surface area is 150 Å². The van der Waals surface area contributed by atoms with Gasteiger partial charge in [0, 0.05) is 31.3 Å². The van der Waals surface area contributed by atoms with E-state index >= 15 is 0 Å². The van der Waals surface area contributed by atoms with Crippen molar-refractivity contribution in [2.45, 2.75) is 45.1 Å². The minimum Gasteiger partial charge on any atom is -0.487 e. The maximum Gasteiger partial charge on any atom is 0.422 e. The third kappa shape index (κ3) is 4.88. The summed E-state index contributed by atoms with van der Waals surface area (Å²) in [5.74, 6) is 0.912. The first kappa shape index (κ1) is 18.5. The van der Waals surface area contributed by atoms with E-state index in [0.717, 1.165) is 17.7 Å². The molecule has 0 bridgehead atoms. The Morgan fingerprint density at radius 3 is 2.81 bits per heavy atom. The maximum atomic E-state index is 12.3. The zero-order valence-electron chi connectivity index (χ0n) is 14.7. The summed E-state index contributed by atoms with van der Waals surface area (Å²) >= 11 is 0. The third-order valence-electron chi connectivity index (χ3n) is 3.99. The van der Waals surface area contributed by atoms with E-state index in [1.807, 2.05) is 12.1 Å². The molecule has 7 heteroatoms. The lowest BCUT2D eigenvalue weighted by molar-refractivity contribution is -0.154. The van der Waals surface area contributed by atoms with Gasteiger partial charge in [0.25, 0.3) is 0 Å². The number of halogens is 3. The molecule has 0 aliphatic carbocycles. The first-order valence-electron chi connectivity index (χ1n) is 8.37. The normalized spacial score (nSPS) is 15.4. The van der Waals surface area contributed by atoms with Crippen molar-refractivity contribution >= 4 is 0 Å². The van der Waals surface area contributed by atoms with Gasteiger partial charge in [-0.3, -0.25) is 0 Å². The van der Waals surface area contributed by atoms with Gasteiger partial charge in [0.15, 0.2) is 6.61 Å². The van der Waals surface area contributed by atoms with E-state index in [-0.39, 0.29) is 11.5 Å². The fourth-order valence-corrected chi connectivity index (χ4v) is 2.95. The van der Waals surface area contributed by atoms with Gasteiger partial charge in [-0.2, -0.15) is 13.2 Å². The molecule has 3 rings (SSSR count). The van der Waals surface area contributed by atoms with Crippen LogP contribution in [-0.4, -0.2) is 23.4 Å². The Kier molecular flexibility index (Phi) is 5.09. The minimum atomic E-state index is -4.39. The number of nitrogens with one attached hydrogen (secondary N) is 1. The molecule has 0 saturated heterocycles. The van der Waals surface area contributed by atoms with Crippen molar-refractivity contribution in [1.29, 1.82) is 0 Å². The van der Waals surface area contributed by atoms with E-state index in [1.54, 1.807) is 12.1 Å². The van der Waals surface area contributed by atoms with Crippen LogP contribution in [-0.2, 0) is 19.5 Å². The van der Waals surface area contributed by atoms with Gasteiger partial charge in [-0.05, 0) is 37.1 Å². The molecule has 1 aromatic carbocycles. The standard InChI is InChI=1S/C19H21F3N2O2/c1-18(2)9-15-8-13(5-6-16(15)26-18)10-23-11-14-4-3-7-24-17(14)25-12-19(20,21)22/h3-8,23H,9-12H2,1-2H3. The van der Waals surface area contributed by atoms with Crippen LogP contribution in [0.5, 0.6) is 11.6 Å². The van der Waals surface area contributed by atoms with Gasteiger partial charge in [0.1, 0.15) is 11.4 Å². The highest BCUT2D eigenvalue weighted by molar-refractivity contribution is 5.41. The Morgan fingerprint density at radius 2 is 2.04 bits per heavy atom. The number of hydrogen-bond acceptors (Lipinski definition) is 4. The number of nitrogens with zero attached hydrogens (tertiary/aromatic N) is 1. The van der Waals surface area contributed by atoms with Crippen LogP contribution >= 0.6 is 0 Å². The van der Waals surface area contributed by atoms with Gasteiger partial charge in [-0.25, -0.2) is 4.98 Å². The molecule has 1 aliphatic rings. The number of ether oxygens (including phenoxy) is 2. The molecule has 1 aromatic heterocycles. The number of aromatic nitrogens is 1. The molecule has 4 nitrogen and oxygen atoms in total. The van der Waals surface area contributed by atoms with Crippen LogP contribution < -0.4 is 14.8 Å². The SMILES string of the molecule is CC1(C)Cc2cc(CNCc3cccnc3OCC(F)(F)F)ccc2O1. The van der Waals surface area contributed by atoms with Crippen molar-refractivity contribution < 1.29 is 22.6 Å². The van der Waals surface area contributed by atoms with Gasteiger partial charge < -0.3 is 14.8 Å². The number of fused-ring (bicyclic) bond motifs is 1. The fourth-order valence-electron chi connectivity index (χ4n) is 2.95.